The minimum absolute atomic E-state index is 0.0321. The van der Waals surface area contributed by atoms with Crippen LogP contribution in [0.3, 0.4) is 0 Å². The van der Waals surface area contributed by atoms with Crippen molar-refractivity contribution in [1.82, 2.24) is 9.80 Å². The lowest BCUT2D eigenvalue weighted by Gasteiger charge is -2.27. The van der Waals surface area contributed by atoms with Gasteiger partial charge in [-0.25, -0.2) is 0 Å². The zero-order valence-electron chi connectivity index (χ0n) is 38.8. The number of benzene rings is 2. The second kappa shape index (κ2) is 25.6. The summed E-state index contributed by atoms with van der Waals surface area (Å²) in [6.07, 6.45) is 7.35. The van der Waals surface area contributed by atoms with Crippen LogP contribution in [-0.2, 0) is 87.7 Å². The van der Waals surface area contributed by atoms with Crippen LogP contribution in [0.25, 0.3) is 0 Å². The topological polar surface area (TPSA) is 231 Å². The normalized spacial score (nSPS) is 18.2. The zero-order valence-corrected chi connectivity index (χ0v) is 38.8. The fraction of sp³-hybridized carbons (Fsp3) is 0.612. The summed E-state index contributed by atoms with van der Waals surface area (Å²) in [7, 11) is 0. The highest BCUT2D eigenvalue weighted by Gasteiger charge is 2.40. The number of aryl methyl sites for hydroxylation is 4. The van der Waals surface area contributed by atoms with Crippen molar-refractivity contribution in [2.24, 2.45) is 11.1 Å². The van der Waals surface area contributed by atoms with Crippen LogP contribution in [0, 0.1) is 5.41 Å². The molecule has 18 nitrogen and oxygen atoms in total. The number of nitrogens with two attached hydrogens (primary N) is 1. The summed E-state index contributed by atoms with van der Waals surface area (Å²) in [6.45, 7) is 3.10. The van der Waals surface area contributed by atoms with Gasteiger partial charge in [0.25, 0.3) is 0 Å². The molecular weight excluding hydrogens is 867 g/mol. The number of carbonyl (C=O) groups excluding carboxylic acids is 7. The van der Waals surface area contributed by atoms with E-state index >= 15 is 0 Å². The number of nitrogens with one attached hydrogen (secondary N) is 2. The predicted molar refractivity (Wildman–Crippen MR) is 245 cm³/mol. The monoisotopic (exact) mass is 933 g/mol. The number of anilines is 2. The average Bonchev–Trinajstić information content (AvgIpc) is 4.18. The summed E-state index contributed by atoms with van der Waals surface area (Å²) < 4.78 is 32.6. The van der Waals surface area contributed by atoms with Crippen LogP contribution in [0.5, 0.6) is 0 Å². The Kier molecular flexibility index (Phi) is 19.5. The maximum atomic E-state index is 13.5. The van der Waals surface area contributed by atoms with E-state index in [1.54, 1.807) is 0 Å². The minimum Gasteiger partial charge on any atom is -0.464 e. The number of rotatable bonds is 26. The molecule has 6 rings (SSSR count). The van der Waals surface area contributed by atoms with Gasteiger partial charge in [-0.05, 0) is 118 Å². The molecule has 2 saturated heterocycles. The van der Waals surface area contributed by atoms with Gasteiger partial charge in [-0.15, -0.1) is 0 Å². The molecule has 4 N–H and O–H groups in total. The Morgan fingerprint density at radius 3 is 1.46 bits per heavy atom. The number of fused-ring (bicyclic) bond motifs is 2. The highest BCUT2D eigenvalue weighted by atomic mass is 16.6. The van der Waals surface area contributed by atoms with E-state index in [1.165, 1.54) is 39.0 Å². The van der Waals surface area contributed by atoms with E-state index in [0.717, 1.165) is 38.5 Å². The van der Waals surface area contributed by atoms with Gasteiger partial charge in [0.1, 0.15) is 37.3 Å². The molecule has 0 spiro atoms. The summed E-state index contributed by atoms with van der Waals surface area (Å²) in [5, 5.41) is 5.91. The Bertz CT molecular complexity index is 1940. The van der Waals surface area contributed by atoms with Gasteiger partial charge in [0.05, 0.1) is 52.5 Å². The average molecular weight is 934 g/mol. The summed E-state index contributed by atoms with van der Waals surface area (Å²) in [5.41, 5.74) is 10.1. The molecule has 2 atom stereocenters. The molecule has 2 unspecified atom stereocenters. The smallest absolute Gasteiger partial charge is 0.318 e. The van der Waals surface area contributed by atoms with E-state index in [2.05, 4.69) is 10.6 Å². The van der Waals surface area contributed by atoms with Gasteiger partial charge >= 0.3 is 17.9 Å². The first-order chi connectivity index (χ1) is 32.4. The number of amides is 4. The zero-order chi connectivity index (χ0) is 47.6. The molecule has 0 saturated carbocycles. The number of hydrogen-bond acceptors (Lipinski definition) is 14. The summed E-state index contributed by atoms with van der Waals surface area (Å²) in [5.74, 6) is -3.70. The molecule has 0 radical (unpaired) electrons. The Hall–Kier alpha value is -5.43. The van der Waals surface area contributed by atoms with Gasteiger partial charge < -0.3 is 54.6 Å². The molecule has 2 aliphatic heterocycles. The first-order valence-corrected chi connectivity index (χ1v) is 23.8. The number of carbonyl (C=O) groups is 7. The van der Waals surface area contributed by atoms with Crippen molar-refractivity contribution in [1.29, 1.82) is 0 Å². The molecule has 4 aliphatic rings. The van der Waals surface area contributed by atoms with Crippen molar-refractivity contribution in [3.05, 3.63) is 58.7 Å². The second-order valence-corrected chi connectivity index (χ2v) is 17.8. The lowest BCUT2D eigenvalue weighted by molar-refractivity contribution is -0.171. The van der Waals surface area contributed by atoms with Crippen molar-refractivity contribution in [3.8, 4) is 0 Å². The number of esters is 3. The van der Waals surface area contributed by atoms with Gasteiger partial charge in [0.15, 0.2) is 0 Å². The SMILES string of the molecule is CC(COC(=O)CCC(=O)N1CCCC1C(=O)Nc1ccc2c(c1)CCC2)(COC(=O)CCC(=O)N1CCCC1C(=O)Nc1ccc2c(c1)CCC2)C(=O)OCCOCCOCCOCCN. The van der Waals surface area contributed by atoms with Crippen LogP contribution in [0.4, 0.5) is 11.4 Å². The molecule has 0 bridgehead atoms. The lowest BCUT2D eigenvalue weighted by Crippen LogP contribution is -2.43. The van der Waals surface area contributed by atoms with Crippen molar-refractivity contribution in [2.45, 2.75) is 109 Å². The van der Waals surface area contributed by atoms with Crippen molar-refractivity contribution >= 4 is 52.9 Å². The molecule has 2 fully saturated rings. The molecule has 2 aromatic rings. The molecule has 67 heavy (non-hydrogen) atoms. The van der Waals surface area contributed by atoms with Crippen LogP contribution in [0.1, 0.15) is 93.4 Å². The quantitative estimate of drug-likeness (QED) is 0.0698. The first-order valence-electron chi connectivity index (χ1n) is 23.8. The summed E-state index contributed by atoms with van der Waals surface area (Å²) in [6, 6.07) is 10.4. The minimum atomic E-state index is -1.67. The van der Waals surface area contributed by atoms with Gasteiger partial charge in [0.2, 0.25) is 23.6 Å². The maximum Gasteiger partial charge on any atom is 0.318 e. The third-order valence-corrected chi connectivity index (χ3v) is 12.6. The van der Waals surface area contributed by atoms with Crippen LogP contribution in [-0.4, -0.2) is 143 Å². The third-order valence-electron chi connectivity index (χ3n) is 12.6. The third kappa shape index (κ3) is 15.0. The van der Waals surface area contributed by atoms with Gasteiger partial charge in [-0.1, -0.05) is 12.1 Å². The largest absolute Gasteiger partial charge is 0.464 e. The van der Waals surface area contributed by atoms with Crippen LogP contribution >= 0.6 is 0 Å². The lowest BCUT2D eigenvalue weighted by atomic mass is 9.93. The van der Waals surface area contributed by atoms with E-state index in [1.807, 2.05) is 36.4 Å². The fourth-order valence-corrected chi connectivity index (χ4v) is 8.91. The number of nitrogens with zero attached hydrogens (tertiary/aromatic N) is 2. The number of hydrogen-bond donors (Lipinski definition) is 3. The fourth-order valence-electron chi connectivity index (χ4n) is 8.91. The van der Waals surface area contributed by atoms with Crippen molar-refractivity contribution in [3.63, 3.8) is 0 Å². The molecule has 366 valence electrons. The first kappa shape index (κ1) is 51.0. The van der Waals surface area contributed by atoms with Crippen molar-refractivity contribution in [2.75, 3.05) is 89.7 Å². The predicted octanol–water partition coefficient (Wildman–Crippen LogP) is 3.43. The summed E-state index contributed by atoms with van der Waals surface area (Å²) in [4.78, 5) is 95.8. The molecule has 4 amide bonds. The van der Waals surface area contributed by atoms with E-state index in [4.69, 9.17) is 34.2 Å². The maximum absolute atomic E-state index is 13.5. The number of likely N-dealkylation sites (tertiary alicyclic amines) is 2. The highest BCUT2D eigenvalue weighted by Crippen LogP contribution is 2.29. The second-order valence-electron chi connectivity index (χ2n) is 17.8. The van der Waals surface area contributed by atoms with Crippen LogP contribution in [0.2, 0.25) is 0 Å². The standard InChI is InChI=1S/C49H67N5O13/c1-49(48(61)65-29-28-64-27-26-63-25-24-62-23-20-50,32-66-44(57)18-16-42(55)53-21-4-10-40(53)46(59)51-38-14-12-34-6-2-8-36(34)30-38)33-67-45(58)19-17-43(56)54-22-5-11-41(54)47(60)52-39-15-13-35-7-3-9-37(35)31-39/h12-15,30-31,40-41H,2-11,16-29,32-33,50H2,1H3,(H,51,59)(H,52,60). The Balaban J connectivity index is 0.960. The highest BCUT2D eigenvalue weighted by molar-refractivity contribution is 5.99. The van der Waals surface area contributed by atoms with E-state index in [0.29, 0.717) is 76.5 Å². The molecule has 2 heterocycles. The van der Waals surface area contributed by atoms with Gasteiger partial charge in [0, 0.05) is 43.9 Å². The molecule has 18 heteroatoms. The van der Waals surface area contributed by atoms with Crippen molar-refractivity contribution < 1.29 is 62.0 Å². The summed E-state index contributed by atoms with van der Waals surface area (Å²) >= 11 is 0. The molecule has 0 aromatic heterocycles. The van der Waals surface area contributed by atoms with Crippen LogP contribution in [0.15, 0.2) is 36.4 Å². The number of ether oxygens (including phenoxy) is 6. The van der Waals surface area contributed by atoms with Gasteiger partial charge in [-0.3, -0.25) is 33.6 Å². The van der Waals surface area contributed by atoms with E-state index in [-0.39, 0.29) is 75.7 Å². The Morgan fingerprint density at radius 2 is 1.00 bits per heavy atom. The Labute approximate surface area is 392 Å². The van der Waals surface area contributed by atoms with E-state index < -0.39 is 48.6 Å². The molecular formula is C49H67N5O13. The van der Waals surface area contributed by atoms with Gasteiger partial charge in [-0.2, -0.15) is 0 Å². The molecule has 2 aliphatic carbocycles. The molecule has 2 aromatic carbocycles. The van der Waals surface area contributed by atoms with Crippen LogP contribution < -0.4 is 16.4 Å². The Morgan fingerprint density at radius 1 is 0.567 bits per heavy atom. The van der Waals surface area contributed by atoms with E-state index in [9.17, 15) is 33.6 Å².